The lowest BCUT2D eigenvalue weighted by Gasteiger charge is -2.45. The first-order valence-corrected chi connectivity index (χ1v) is 9.71. The molecule has 3 fully saturated rings. The molecule has 2 atom stereocenters. The molecule has 2 aromatic rings. The quantitative estimate of drug-likeness (QED) is 0.808. The Balaban J connectivity index is 1.55. The van der Waals surface area contributed by atoms with E-state index < -0.39 is 30.3 Å². The molecule has 0 radical (unpaired) electrons. The summed E-state index contributed by atoms with van der Waals surface area (Å²) in [6.45, 7) is 3.19. The van der Waals surface area contributed by atoms with E-state index in [1.807, 2.05) is 24.3 Å². The Labute approximate surface area is 167 Å². The largest absolute Gasteiger partial charge is 0.444 e. The van der Waals surface area contributed by atoms with E-state index in [2.05, 4.69) is 4.90 Å². The van der Waals surface area contributed by atoms with Gasteiger partial charge in [0.2, 0.25) is 0 Å². The van der Waals surface area contributed by atoms with Crippen molar-refractivity contribution in [1.29, 1.82) is 0 Å². The van der Waals surface area contributed by atoms with E-state index in [0.717, 1.165) is 43.6 Å². The van der Waals surface area contributed by atoms with Gasteiger partial charge in [-0.05, 0) is 55.0 Å². The van der Waals surface area contributed by atoms with Crippen LogP contribution < -0.4 is 0 Å². The second-order valence-corrected chi connectivity index (χ2v) is 7.64. The summed E-state index contributed by atoms with van der Waals surface area (Å²) in [5.74, 6) is 0.361. The van der Waals surface area contributed by atoms with E-state index >= 15 is 0 Å². The number of hydrogen-bond donors (Lipinski definition) is 0. The standard InChI is InChI=1S/C23H26N2O2/c26-23(27-21-16-24-13-10-18(21)11-14-24)25-15-12-17-6-4-5-9-20(17)22(25)19-7-2-1-3-8-19/h1-9,18,21-22H,10-16H2/t21-,22-/m0/s1/i1D,2D,3D,7D,8D. The second kappa shape index (κ2) is 7.01. The number of hydrogen-bond acceptors (Lipinski definition) is 3. The van der Waals surface area contributed by atoms with Crippen LogP contribution in [0.15, 0.2) is 54.5 Å². The van der Waals surface area contributed by atoms with Gasteiger partial charge in [-0.25, -0.2) is 4.79 Å². The molecule has 0 spiro atoms. The fourth-order valence-corrected chi connectivity index (χ4v) is 4.71. The van der Waals surface area contributed by atoms with Crippen molar-refractivity contribution in [2.24, 2.45) is 5.92 Å². The first kappa shape index (κ1) is 12.2. The Hall–Kier alpha value is -2.33. The molecule has 2 bridgehead atoms. The van der Waals surface area contributed by atoms with Crippen molar-refractivity contribution in [2.75, 3.05) is 26.2 Å². The van der Waals surface area contributed by atoms with Crippen LogP contribution in [-0.4, -0.2) is 48.2 Å². The van der Waals surface area contributed by atoms with Gasteiger partial charge < -0.3 is 4.74 Å². The van der Waals surface area contributed by atoms with E-state index in [1.165, 1.54) is 0 Å². The highest BCUT2D eigenvalue weighted by atomic mass is 16.6. The van der Waals surface area contributed by atoms with Gasteiger partial charge in [0, 0.05) is 13.1 Å². The van der Waals surface area contributed by atoms with Gasteiger partial charge in [-0.2, -0.15) is 0 Å². The number of rotatable bonds is 2. The van der Waals surface area contributed by atoms with Crippen molar-refractivity contribution >= 4 is 6.09 Å². The van der Waals surface area contributed by atoms with Crippen molar-refractivity contribution in [3.8, 4) is 0 Å². The summed E-state index contributed by atoms with van der Waals surface area (Å²) in [6.07, 6.45) is 2.03. The van der Waals surface area contributed by atoms with Crippen LogP contribution in [0, 0.1) is 5.92 Å². The molecule has 0 unspecified atom stereocenters. The minimum atomic E-state index is -0.790. The van der Waals surface area contributed by atoms with Gasteiger partial charge in [0.1, 0.15) is 6.10 Å². The van der Waals surface area contributed by atoms with Gasteiger partial charge in [-0.1, -0.05) is 54.5 Å². The Morgan fingerprint density at radius 2 is 1.85 bits per heavy atom. The molecule has 6 rings (SSSR count). The number of ether oxygens (including phenoxy) is 1. The zero-order valence-electron chi connectivity index (χ0n) is 20.2. The third kappa shape index (κ3) is 3.12. The second-order valence-electron chi connectivity index (χ2n) is 7.64. The van der Waals surface area contributed by atoms with Crippen molar-refractivity contribution in [3.63, 3.8) is 0 Å². The Morgan fingerprint density at radius 1 is 1.07 bits per heavy atom. The van der Waals surface area contributed by atoms with E-state index in [1.54, 1.807) is 4.90 Å². The number of benzene rings is 2. The highest BCUT2D eigenvalue weighted by Gasteiger charge is 2.39. The zero-order chi connectivity index (χ0) is 22.6. The summed E-state index contributed by atoms with van der Waals surface area (Å²) >= 11 is 0. The van der Waals surface area contributed by atoms with Crippen LogP contribution in [0.3, 0.4) is 0 Å². The van der Waals surface area contributed by atoms with Crippen molar-refractivity contribution in [2.45, 2.75) is 31.4 Å². The molecule has 0 saturated carbocycles. The van der Waals surface area contributed by atoms with Gasteiger partial charge in [-0.3, -0.25) is 9.80 Å². The van der Waals surface area contributed by atoms with Crippen LogP contribution in [0.4, 0.5) is 4.79 Å². The summed E-state index contributed by atoms with van der Waals surface area (Å²) in [5, 5.41) is 0. The lowest BCUT2D eigenvalue weighted by Crippen LogP contribution is -2.53. The summed E-state index contributed by atoms with van der Waals surface area (Å²) < 4.78 is 47.2. The van der Waals surface area contributed by atoms with Crippen LogP contribution >= 0.6 is 0 Å². The highest BCUT2D eigenvalue weighted by Crippen LogP contribution is 2.36. The number of nitrogens with zero attached hydrogens (tertiary/aromatic N) is 2. The molecular formula is C23H26N2O2. The first-order chi connectivity index (χ1) is 15.4. The van der Waals surface area contributed by atoms with Gasteiger partial charge >= 0.3 is 6.09 Å². The molecule has 0 N–H and O–H groups in total. The monoisotopic (exact) mass is 367 g/mol. The van der Waals surface area contributed by atoms with Gasteiger partial charge in [0.15, 0.2) is 0 Å². The van der Waals surface area contributed by atoms with Crippen LogP contribution in [0.2, 0.25) is 0 Å². The number of carbonyl (C=O) groups excluding carboxylic acids is 1. The third-order valence-electron chi connectivity index (χ3n) is 6.16. The normalized spacial score (nSPS) is 31.9. The smallest absolute Gasteiger partial charge is 0.410 e. The minimum absolute atomic E-state index is 0.119. The maximum atomic E-state index is 13.4. The first-order valence-electron chi connectivity index (χ1n) is 12.2. The SMILES string of the molecule is [2H]c1c([2H])c([2H])c([C@H]2c3ccccc3CCN2C(=O)O[C@H]2CN3CCC2CC3)c([2H])c1[2H]. The molecular weight excluding hydrogens is 336 g/mol. The van der Waals surface area contributed by atoms with Crippen molar-refractivity contribution in [1.82, 2.24) is 9.80 Å². The van der Waals surface area contributed by atoms with Gasteiger partial charge in [0.25, 0.3) is 0 Å². The maximum Gasteiger partial charge on any atom is 0.410 e. The molecule has 27 heavy (non-hydrogen) atoms. The zero-order valence-corrected chi connectivity index (χ0v) is 15.2. The minimum Gasteiger partial charge on any atom is -0.444 e. The molecule has 140 valence electrons. The van der Waals surface area contributed by atoms with Crippen LogP contribution in [0.25, 0.3) is 0 Å². The van der Waals surface area contributed by atoms with Crippen molar-refractivity contribution < 1.29 is 16.4 Å². The predicted octanol–water partition coefficient (Wildman–Crippen LogP) is 3.86. The van der Waals surface area contributed by atoms with Crippen LogP contribution in [0.5, 0.6) is 0 Å². The predicted molar refractivity (Wildman–Crippen MR) is 105 cm³/mol. The Bertz CT molecular complexity index is 1040. The number of fused-ring (bicyclic) bond motifs is 4. The van der Waals surface area contributed by atoms with Crippen LogP contribution in [0.1, 0.15) is 42.4 Å². The maximum absolute atomic E-state index is 13.4. The van der Waals surface area contributed by atoms with Gasteiger partial charge in [-0.15, -0.1) is 0 Å². The van der Waals surface area contributed by atoms with E-state index in [9.17, 15) is 4.79 Å². The van der Waals surface area contributed by atoms with E-state index in [-0.39, 0.29) is 23.8 Å². The lowest BCUT2D eigenvalue weighted by atomic mass is 9.86. The van der Waals surface area contributed by atoms with E-state index in [0.29, 0.717) is 18.9 Å². The molecule has 4 heteroatoms. The summed E-state index contributed by atoms with van der Waals surface area (Å²) in [5.41, 5.74) is 1.91. The van der Waals surface area contributed by atoms with Crippen molar-refractivity contribution in [3.05, 3.63) is 71.2 Å². The highest BCUT2D eigenvalue weighted by molar-refractivity contribution is 5.70. The number of amides is 1. The summed E-state index contributed by atoms with van der Waals surface area (Å²) in [7, 11) is 0. The Kier molecular flexibility index (Phi) is 3.16. The molecule has 4 nitrogen and oxygen atoms in total. The number of piperidine rings is 3. The van der Waals surface area contributed by atoms with Crippen LogP contribution in [-0.2, 0) is 11.2 Å². The van der Waals surface area contributed by atoms with E-state index in [4.69, 9.17) is 11.6 Å². The van der Waals surface area contributed by atoms with Gasteiger partial charge in [0.05, 0.1) is 12.9 Å². The third-order valence-corrected chi connectivity index (χ3v) is 6.16. The number of carbonyl (C=O) groups is 1. The Morgan fingerprint density at radius 3 is 2.59 bits per heavy atom. The topological polar surface area (TPSA) is 32.8 Å². The fourth-order valence-electron chi connectivity index (χ4n) is 4.71. The fraction of sp³-hybridized carbons (Fsp3) is 0.435. The lowest BCUT2D eigenvalue weighted by molar-refractivity contribution is -0.0462. The molecule has 4 aliphatic rings. The molecule has 4 heterocycles. The average Bonchev–Trinajstić information content (AvgIpc) is 2.82. The summed E-state index contributed by atoms with van der Waals surface area (Å²) in [6, 6.07) is 5.03. The molecule has 2 aromatic carbocycles. The average molecular weight is 368 g/mol. The molecule has 0 aromatic heterocycles. The molecule has 1 amide bonds. The molecule has 4 aliphatic heterocycles. The summed E-state index contributed by atoms with van der Waals surface area (Å²) in [4.78, 5) is 17.3. The molecule has 3 saturated heterocycles. The molecule has 0 aliphatic carbocycles.